The van der Waals surface area contributed by atoms with Gasteiger partial charge in [0.25, 0.3) is 0 Å². The highest BCUT2D eigenvalue weighted by atomic mass is 15.5. The second-order valence-corrected chi connectivity index (χ2v) is 8.36. The maximum Gasteiger partial charge on any atom is 0.135 e. The highest BCUT2D eigenvalue weighted by molar-refractivity contribution is 5.80. The summed E-state index contributed by atoms with van der Waals surface area (Å²) in [6.45, 7) is 4.61. The van der Waals surface area contributed by atoms with E-state index in [4.69, 9.17) is 0 Å². The van der Waals surface area contributed by atoms with Gasteiger partial charge >= 0.3 is 0 Å². The Labute approximate surface area is 181 Å². The lowest BCUT2D eigenvalue weighted by molar-refractivity contribution is 0.401. The number of aromatic nitrogens is 4. The molecule has 1 N–H and O–H groups in total. The molecule has 4 nitrogen and oxygen atoms in total. The third-order valence-electron chi connectivity index (χ3n) is 6.36. The van der Waals surface area contributed by atoms with Crippen LogP contribution in [0, 0.1) is 0 Å². The van der Waals surface area contributed by atoms with Crippen molar-refractivity contribution in [3.63, 3.8) is 0 Å². The maximum atomic E-state index is 3.31. The van der Waals surface area contributed by atoms with E-state index >= 15 is 0 Å². The first-order valence-electron chi connectivity index (χ1n) is 11.7. The summed E-state index contributed by atoms with van der Waals surface area (Å²) in [6.07, 6.45) is 14.8. The molecule has 3 aromatic rings. The van der Waals surface area contributed by atoms with E-state index in [1.54, 1.807) is 11.1 Å². The zero-order chi connectivity index (χ0) is 21.1. The standard InChI is InChI=1S/C25H34.CH2N4/c1-3-5-7-13-19-25(20-14-8-6-4-2)23-17-11-9-15-21(23)22-16-10-12-18-24(22)25;1-2-4-5-3-1/h9-12,15-18H,3-8,13-14,19-20H2,1-2H3;1H,(H,2,3,4,5). The minimum absolute atomic E-state index is 0.259. The fourth-order valence-electron chi connectivity index (χ4n) is 4.92. The summed E-state index contributed by atoms with van der Waals surface area (Å²) in [4.78, 5) is 0. The van der Waals surface area contributed by atoms with Gasteiger partial charge in [0.15, 0.2) is 0 Å². The van der Waals surface area contributed by atoms with E-state index in [1.807, 2.05) is 0 Å². The predicted octanol–water partition coefficient (Wildman–Crippen LogP) is 7.09. The van der Waals surface area contributed by atoms with Gasteiger partial charge in [-0.2, -0.15) is 0 Å². The number of rotatable bonds is 10. The van der Waals surface area contributed by atoms with Gasteiger partial charge in [0.05, 0.1) is 0 Å². The van der Waals surface area contributed by atoms with E-state index in [0.717, 1.165) is 0 Å². The molecule has 30 heavy (non-hydrogen) atoms. The van der Waals surface area contributed by atoms with Crippen LogP contribution < -0.4 is 0 Å². The van der Waals surface area contributed by atoms with Crippen LogP contribution in [0.5, 0.6) is 0 Å². The van der Waals surface area contributed by atoms with Gasteiger partial charge in [-0.15, -0.1) is 5.10 Å². The van der Waals surface area contributed by atoms with Gasteiger partial charge in [-0.25, -0.2) is 5.10 Å². The molecule has 1 aliphatic rings. The lowest BCUT2D eigenvalue weighted by Crippen LogP contribution is -2.25. The van der Waals surface area contributed by atoms with Crippen molar-refractivity contribution in [3.8, 4) is 11.1 Å². The second kappa shape index (κ2) is 11.6. The highest BCUT2D eigenvalue weighted by Gasteiger charge is 2.41. The van der Waals surface area contributed by atoms with Crippen LogP contribution in [0.25, 0.3) is 11.1 Å². The van der Waals surface area contributed by atoms with Crippen LogP contribution in [0.15, 0.2) is 54.9 Å². The van der Waals surface area contributed by atoms with E-state index in [-0.39, 0.29) is 5.41 Å². The molecule has 0 atom stereocenters. The Hall–Kier alpha value is -2.49. The third-order valence-corrected chi connectivity index (χ3v) is 6.36. The van der Waals surface area contributed by atoms with Crippen molar-refractivity contribution in [1.82, 2.24) is 20.6 Å². The van der Waals surface area contributed by atoms with Crippen LogP contribution in [0.1, 0.15) is 89.2 Å². The third kappa shape index (κ3) is 5.16. The zero-order valence-corrected chi connectivity index (χ0v) is 18.6. The Balaban J connectivity index is 0.000000448. The number of nitrogens with one attached hydrogen (secondary N) is 1. The molecular weight excluding hydrogens is 368 g/mol. The molecule has 0 radical (unpaired) electrons. The number of aromatic amines is 1. The number of unbranched alkanes of at least 4 members (excludes halogenated alkanes) is 6. The van der Waals surface area contributed by atoms with E-state index in [9.17, 15) is 0 Å². The summed E-state index contributed by atoms with van der Waals surface area (Å²) in [5.41, 5.74) is 6.44. The van der Waals surface area contributed by atoms with Crippen LogP contribution in [0.4, 0.5) is 0 Å². The lowest BCUT2D eigenvalue weighted by atomic mass is 9.70. The van der Waals surface area contributed by atoms with Crippen molar-refractivity contribution in [2.75, 3.05) is 0 Å². The van der Waals surface area contributed by atoms with Crippen LogP contribution >= 0.6 is 0 Å². The molecule has 0 amide bonds. The van der Waals surface area contributed by atoms with Crippen molar-refractivity contribution in [1.29, 1.82) is 0 Å². The topological polar surface area (TPSA) is 54.5 Å². The minimum Gasteiger partial charge on any atom is -0.246 e. The monoisotopic (exact) mass is 404 g/mol. The molecule has 4 rings (SSSR count). The number of tetrazole rings is 1. The molecule has 1 heterocycles. The minimum atomic E-state index is 0.259. The van der Waals surface area contributed by atoms with Crippen LogP contribution in [0.3, 0.4) is 0 Å². The Bertz CT molecular complexity index is 780. The Morgan fingerprint density at radius 1 is 0.700 bits per heavy atom. The van der Waals surface area contributed by atoms with Crippen molar-refractivity contribution in [2.45, 2.75) is 83.5 Å². The first-order valence-corrected chi connectivity index (χ1v) is 11.7. The van der Waals surface area contributed by atoms with Crippen LogP contribution in [-0.4, -0.2) is 20.6 Å². The molecule has 4 heteroatoms. The lowest BCUT2D eigenvalue weighted by Gasteiger charge is -2.33. The average Bonchev–Trinajstić information content (AvgIpc) is 3.46. The van der Waals surface area contributed by atoms with E-state index < -0.39 is 0 Å². The number of fused-ring (bicyclic) bond motifs is 3. The van der Waals surface area contributed by atoms with E-state index in [0.29, 0.717) is 0 Å². The van der Waals surface area contributed by atoms with Gasteiger partial charge in [-0.3, -0.25) is 0 Å². The van der Waals surface area contributed by atoms with Gasteiger partial charge < -0.3 is 0 Å². The molecule has 0 aliphatic heterocycles. The first kappa shape index (κ1) is 22.2. The van der Waals surface area contributed by atoms with E-state index in [1.165, 1.54) is 81.7 Å². The van der Waals surface area contributed by atoms with Gasteiger partial charge in [0.2, 0.25) is 0 Å². The molecule has 0 bridgehead atoms. The summed E-state index contributed by atoms with van der Waals surface area (Å²) < 4.78 is 0. The van der Waals surface area contributed by atoms with Crippen LogP contribution in [-0.2, 0) is 5.41 Å². The first-order chi connectivity index (χ1) is 14.8. The van der Waals surface area contributed by atoms with Gasteiger partial charge in [0, 0.05) is 5.41 Å². The number of H-pyrrole nitrogens is 1. The van der Waals surface area contributed by atoms with Crippen molar-refractivity contribution >= 4 is 0 Å². The summed E-state index contributed by atoms with van der Waals surface area (Å²) >= 11 is 0. The Morgan fingerprint density at radius 3 is 1.63 bits per heavy atom. The van der Waals surface area contributed by atoms with Crippen molar-refractivity contribution in [2.24, 2.45) is 0 Å². The quantitative estimate of drug-likeness (QED) is 0.367. The molecular formula is C26H36N4. The Morgan fingerprint density at radius 2 is 1.23 bits per heavy atom. The molecule has 2 aromatic carbocycles. The van der Waals surface area contributed by atoms with Gasteiger partial charge in [0.1, 0.15) is 6.33 Å². The summed E-state index contributed by atoms with van der Waals surface area (Å²) in [5, 5.41) is 12.1. The molecule has 0 fully saturated rings. The SMILES string of the molecule is CCCCCCC1(CCCCCC)c2ccccc2-c2ccccc21.c1nnn[nH]1. The zero-order valence-electron chi connectivity index (χ0n) is 18.6. The fraction of sp³-hybridized carbons (Fsp3) is 0.500. The van der Waals surface area contributed by atoms with Crippen LogP contribution in [0.2, 0.25) is 0 Å². The predicted molar refractivity (Wildman–Crippen MR) is 124 cm³/mol. The largest absolute Gasteiger partial charge is 0.246 e. The maximum absolute atomic E-state index is 3.31. The van der Waals surface area contributed by atoms with E-state index in [2.05, 4.69) is 83.0 Å². The normalized spacial score (nSPS) is 13.3. The molecule has 160 valence electrons. The molecule has 0 saturated carbocycles. The molecule has 0 unspecified atom stereocenters. The molecule has 0 spiro atoms. The summed E-state index contributed by atoms with van der Waals surface area (Å²) in [7, 11) is 0. The number of hydrogen-bond donors (Lipinski definition) is 1. The molecule has 0 saturated heterocycles. The molecule has 1 aromatic heterocycles. The van der Waals surface area contributed by atoms with Crippen molar-refractivity contribution < 1.29 is 0 Å². The van der Waals surface area contributed by atoms with Crippen molar-refractivity contribution in [3.05, 3.63) is 66.0 Å². The number of hydrogen-bond acceptors (Lipinski definition) is 3. The number of nitrogens with zero attached hydrogens (tertiary/aromatic N) is 3. The summed E-state index contributed by atoms with van der Waals surface area (Å²) in [6, 6.07) is 18.4. The fourth-order valence-corrected chi connectivity index (χ4v) is 4.92. The number of benzene rings is 2. The average molecular weight is 405 g/mol. The summed E-state index contributed by atoms with van der Waals surface area (Å²) in [5.74, 6) is 0. The smallest absolute Gasteiger partial charge is 0.135 e. The van der Waals surface area contributed by atoms with Gasteiger partial charge in [-0.1, -0.05) is 114 Å². The second-order valence-electron chi connectivity index (χ2n) is 8.36. The molecule has 1 aliphatic carbocycles. The highest BCUT2D eigenvalue weighted by Crippen LogP contribution is 2.53. The Kier molecular flexibility index (Phi) is 8.61. The van der Waals surface area contributed by atoms with Gasteiger partial charge in [-0.05, 0) is 45.5 Å².